The van der Waals surface area contributed by atoms with Gasteiger partial charge in [0.1, 0.15) is 18.2 Å². The summed E-state index contributed by atoms with van der Waals surface area (Å²) in [4.78, 5) is 0. The van der Waals surface area contributed by atoms with Crippen molar-refractivity contribution in [2.75, 3.05) is 13.2 Å². The smallest absolute Gasteiger partial charge is 0.225 e. The molecule has 1 aliphatic rings. The Balaban J connectivity index is 1.64. The number of rotatable bonds is 4. The van der Waals surface area contributed by atoms with Gasteiger partial charge in [0.15, 0.2) is 5.76 Å². The van der Waals surface area contributed by atoms with Crippen LogP contribution < -0.4 is 4.74 Å². The van der Waals surface area contributed by atoms with E-state index >= 15 is 0 Å². The molecule has 0 atom stereocenters. The zero-order valence-electron chi connectivity index (χ0n) is 11.1. The van der Waals surface area contributed by atoms with E-state index in [1.54, 1.807) is 18.4 Å². The van der Waals surface area contributed by atoms with Gasteiger partial charge in [0, 0.05) is 5.56 Å². The summed E-state index contributed by atoms with van der Waals surface area (Å²) >= 11 is 0. The van der Waals surface area contributed by atoms with Crippen LogP contribution in [0.4, 0.5) is 4.39 Å². The summed E-state index contributed by atoms with van der Waals surface area (Å²) in [6, 6.07) is 7.73. The summed E-state index contributed by atoms with van der Waals surface area (Å²) in [7, 11) is 0. The molecule has 106 valence electrons. The van der Waals surface area contributed by atoms with E-state index in [-0.39, 0.29) is 5.82 Å². The third kappa shape index (κ3) is 2.69. The molecular weight excluding hydrogens is 263 g/mol. The molecule has 1 saturated heterocycles. The lowest BCUT2D eigenvalue weighted by Crippen LogP contribution is -2.21. The highest BCUT2D eigenvalue weighted by Crippen LogP contribution is 2.32. The van der Waals surface area contributed by atoms with E-state index in [0.29, 0.717) is 31.3 Å². The van der Waals surface area contributed by atoms with Crippen molar-refractivity contribution < 1.29 is 23.0 Å². The zero-order valence-corrected chi connectivity index (χ0v) is 11.1. The number of hydrogen-bond donors (Lipinski definition) is 0. The highest BCUT2D eigenvalue weighted by molar-refractivity contribution is 5.23. The van der Waals surface area contributed by atoms with E-state index in [0.717, 1.165) is 5.56 Å². The Labute approximate surface area is 116 Å². The average molecular weight is 278 g/mol. The molecule has 0 unspecified atom stereocenters. The molecule has 0 bridgehead atoms. The fourth-order valence-corrected chi connectivity index (χ4v) is 2.04. The first-order valence-electron chi connectivity index (χ1n) is 6.40. The predicted octanol–water partition coefficient (Wildman–Crippen LogP) is 3.22. The van der Waals surface area contributed by atoms with Gasteiger partial charge >= 0.3 is 0 Å². The van der Waals surface area contributed by atoms with Gasteiger partial charge in [-0.25, -0.2) is 4.39 Å². The van der Waals surface area contributed by atoms with E-state index in [1.165, 1.54) is 12.1 Å². The minimum absolute atomic E-state index is 0.286. The van der Waals surface area contributed by atoms with Crippen molar-refractivity contribution in [2.24, 2.45) is 0 Å². The third-order valence-corrected chi connectivity index (χ3v) is 3.16. The van der Waals surface area contributed by atoms with Crippen molar-refractivity contribution in [3.63, 3.8) is 0 Å². The van der Waals surface area contributed by atoms with Crippen LogP contribution in [0.3, 0.4) is 0 Å². The first kappa shape index (κ1) is 13.1. The fourth-order valence-electron chi connectivity index (χ4n) is 2.04. The second-order valence-corrected chi connectivity index (χ2v) is 4.70. The second-order valence-electron chi connectivity index (χ2n) is 4.70. The predicted molar refractivity (Wildman–Crippen MR) is 68.7 cm³/mol. The minimum Gasteiger partial charge on any atom is -0.489 e. The van der Waals surface area contributed by atoms with Crippen LogP contribution in [0.25, 0.3) is 0 Å². The fraction of sp³-hybridized carbons (Fsp3) is 0.333. The maximum atomic E-state index is 12.8. The molecule has 2 aromatic rings. The van der Waals surface area contributed by atoms with Gasteiger partial charge in [-0.05, 0) is 37.3 Å². The summed E-state index contributed by atoms with van der Waals surface area (Å²) in [5, 5.41) is 0. The molecule has 4 nitrogen and oxygen atoms in total. The van der Waals surface area contributed by atoms with Crippen LogP contribution in [0, 0.1) is 5.82 Å². The van der Waals surface area contributed by atoms with E-state index in [1.807, 2.05) is 13.0 Å². The lowest BCUT2D eigenvalue weighted by atomic mass is 10.2. The van der Waals surface area contributed by atoms with Gasteiger partial charge in [-0.3, -0.25) is 0 Å². The second kappa shape index (κ2) is 5.26. The van der Waals surface area contributed by atoms with E-state index in [9.17, 15) is 4.39 Å². The number of furan rings is 1. The SMILES string of the molecule is CC1(c2cc(COc3ccc(F)cc3)co2)OCCO1. The Bertz CT molecular complexity index is 570. The molecule has 0 saturated carbocycles. The monoisotopic (exact) mass is 278 g/mol. The molecule has 3 rings (SSSR count). The van der Waals surface area contributed by atoms with Gasteiger partial charge in [0.2, 0.25) is 5.79 Å². The average Bonchev–Trinajstić information content (AvgIpc) is 3.08. The van der Waals surface area contributed by atoms with Crippen LogP contribution in [-0.2, 0) is 21.9 Å². The van der Waals surface area contributed by atoms with Gasteiger partial charge in [0.05, 0.1) is 19.5 Å². The molecule has 1 aromatic carbocycles. The largest absolute Gasteiger partial charge is 0.489 e. The first-order chi connectivity index (χ1) is 9.66. The molecule has 1 fully saturated rings. The van der Waals surface area contributed by atoms with Crippen LogP contribution in [0.15, 0.2) is 41.0 Å². The summed E-state index contributed by atoms with van der Waals surface area (Å²) in [6.45, 7) is 3.27. The Morgan fingerprint density at radius 3 is 2.60 bits per heavy atom. The van der Waals surface area contributed by atoms with Crippen molar-refractivity contribution in [2.45, 2.75) is 19.3 Å². The maximum absolute atomic E-state index is 12.8. The number of benzene rings is 1. The highest BCUT2D eigenvalue weighted by Gasteiger charge is 2.36. The molecular formula is C15H15FO4. The molecule has 0 N–H and O–H groups in total. The highest BCUT2D eigenvalue weighted by atomic mass is 19.1. The summed E-state index contributed by atoms with van der Waals surface area (Å²) in [5.74, 6) is 0.126. The van der Waals surface area contributed by atoms with Gasteiger partial charge in [-0.15, -0.1) is 0 Å². The normalized spacial score (nSPS) is 17.3. The zero-order chi connectivity index (χ0) is 14.0. The molecule has 1 aliphatic heterocycles. The van der Waals surface area contributed by atoms with E-state index in [4.69, 9.17) is 18.6 Å². The molecule has 5 heteroatoms. The van der Waals surface area contributed by atoms with Gasteiger partial charge in [0.25, 0.3) is 0 Å². The van der Waals surface area contributed by atoms with Crippen LogP contribution in [-0.4, -0.2) is 13.2 Å². The Kier molecular flexibility index (Phi) is 3.46. The number of ether oxygens (including phenoxy) is 3. The molecule has 2 heterocycles. The molecule has 0 spiro atoms. The minimum atomic E-state index is -0.811. The summed E-state index contributed by atoms with van der Waals surface area (Å²) < 4.78 is 34.8. The summed E-state index contributed by atoms with van der Waals surface area (Å²) in [6.07, 6.45) is 1.61. The summed E-state index contributed by atoms with van der Waals surface area (Å²) in [5.41, 5.74) is 0.865. The van der Waals surface area contributed by atoms with Crippen molar-refractivity contribution in [3.8, 4) is 5.75 Å². The van der Waals surface area contributed by atoms with Crippen molar-refractivity contribution in [3.05, 3.63) is 53.7 Å². The third-order valence-electron chi connectivity index (χ3n) is 3.16. The Hall–Kier alpha value is -1.85. The van der Waals surface area contributed by atoms with Crippen molar-refractivity contribution in [1.82, 2.24) is 0 Å². The maximum Gasteiger partial charge on any atom is 0.225 e. The van der Waals surface area contributed by atoms with Crippen molar-refractivity contribution >= 4 is 0 Å². The number of hydrogen-bond acceptors (Lipinski definition) is 4. The van der Waals surface area contributed by atoms with Crippen LogP contribution in [0.5, 0.6) is 5.75 Å². The van der Waals surface area contributed by atoms with Crippen LogP contribution in [0.1, 0.15) is 18.2 Å². The molecule has 0 aliphatic carbocycles. The number of halogens is 1. The first-order valence-corrected chi connectivity index (χ1v) is 6.40. The molecule has 1 aromatic heterocycles. The van der Waals surface area contributed by atoms with Crippen LogP contribution >= 0.6 is 0 Å². The Morgan fingerprint density at radius 2 is 1.90 bits per heavy atom. The van der Waals surface area contributed by atoms with E-state index < -0.39 is 5.79 Å². The van der Waals surface area contributed by atoms with Gasteiger partial charge < -0.3 is 18.6 Å². The molecule has 20 heavy (non-hydrogen) atoms. The van der Waals surface area contributed by atoms with E-state index in [2.05, 4.69) is 0 Å². The van der Waals surface area contributed by atoms with Gasteiger partial charge in [-0.2, -0.15) is 0 Å². The molecule has 0 radical (unpaired) electrons. The lowest BCUT2D eigenvalue weighted by Gasteiger charge is -2.18. The topological polar surface area (TPSA) is 40.8 Å². The standard InChI is InChI=1S/C15H15FO4/c1-15(19-6-7-20-15)14-8-11(10-18-14)9-17-13-4-2-12(16)3-5-13/h2-5,8,10H,6-7,9H2,1H3. The quantitative estimate of drug-likeness (QED) is 0.861. The van der Waals surface area contributed by atoms with Gasteiger partial charge in [-0.1, -0.05) is 0 Å². The molecule has 0 amide bonds. The Morgan fingerprint density at radius 1 is 1.20 bits per heavy atom. The van der Waals surface area contributed by atoms with Crippen molar-refractivity contribution in [1.29, 1.82) is 0 Å². The lowest BCUT2D eigenvalue weighted by molar-refractivity contribution is -0.162. The van der Waals surface area contributed by atoms with Crippen LogP contribution in [0.2, 0.25) is 0 Å².